The average Bonchev–Trinajstić information content (AvgIpc) is 2.81. The summed E-state index contributed by atoms with van der Waals surface area (Å²) < 4.78 is 1.18. The number of carbonyl (C=O) groups excluding carboxylic acids is 1. The van der Waals surface area contributed by atoms with Gasteiger partial charge in [0.2, 0.25) is 0 Å². The van der Waals surface area contributed by atoms with Gasteiger partial charge in [-0.1, -0.05) is 26.0 Å². The molecule has 0 fully saturated rings. The van der Waals surface area contributed by atoms with E-state index in [4.69, 9.17) is 0 Å². The molecule has 1 amide bonds. The normalized spacial score (nSPS) is 18.7. The average molecular weight is 247 g/mol. The number of nitrogens with zero attached hydrogens (tertiary/aromatic N) is 3. The molecule has 2 heterocycles. The molecule has 1 unspecified atom stereocenters. The van der Waals surface area contributed by atoms with Gasteiger partial charge in [0.15, 0.2) is 0 Å². The standard InChI is InChI=1S/C13H17N3O2/c1-9(2)11-5-4-8-16(11)13(18)10-6-7-12(17)15(3)14-10/h4-7,9,11H,8H2,1-3H3. The zero-order chi connectivity index (χ0) is 13.3. The van der Waals surface area contributed by atoms with Crippen molar-refractivity contribution in [1.29, 1.82) is 0 Å². The second kappa shape index (κ2) is 4.76. The molecular formula is C13H17N3O2. The number of aryl methyl sites for hydroxylation is 1. The first-order valence-electron chi connectivity index (χ1n) is 6.02. The predicted octanol–water partition coefficient (Wildman–Crippen LogP) is 0.817. The van der Waals surface area contributed by atoms with Crippen molar-refractivity contribution in [1.82, 2.24) is 14.7 Å². The Hall–Kier alpha value is -1.91. The summed E-state index contributed by atoms with van der Waals surface area (Å²) in [6.45, 7) is 4.76. The molecule has 0 saturated carbocycles. The van der Waals surface area contributed by atoms with Crippen molar-refractivity contribution in [2.24, 2.45) is 13.0 Å². The van der Waals surface area contributed by atoms with Crippen LogP contribution in [0.15, 0.2) is 29.1 Å². The minimum absolute atomic E-state index is 0.108. The molecule has 0 N–H and O–H groups in total. The van der Waals surface area contributed by atoms with Crippen molar-refractivity contribution >= 4 is 5.91 Å². The highest BCUT2D eigenvalue weighted by atomic mass is 16.2. The van der Waals surface area contributed by atoms with Gasteiger partial charge in [0, 0.05) is 19.7 Å². The summed E-state index contributed by atoms with van der Waals surface area (Å²) in [7, 11) is 1.54. The first kappa shape index (κ1) is 12.5. The molecule has 1 aromatic rings. The monoisotopic (exact) mass is 247 g/mol. The van der Waals surface area contributed by atoms with Crippen LogP contribution in [0.4, 0.5) is 0 Å². The first-order chi connectivity index (χ1) is 8.50. The third-order valence-electron chi connectivity index (χ3n) is 3.12. The van der Waals surface area contributed by atoms with E-state index in [9.17, 15) is 9.59 Å². The van der Waals surface area contributed by atoms with Gasteiger partial charge in [-0.25, -0.2) is 4.68 Å². The summed E-state index contributed by atoms with van der Waals surface area (Å²) in [6, 6.07) is 2.96. The van der Waals surface area contributed by atoms with E-state index in [0.29, 0.717) is 18.2 Å². The van der Waals surface area contributed by atoms with Gasteiger partial charge < -0.3 is 4.90 Å². The fourth-order valence-electron chi connectivity index (χ4n) is 2.10. The molecular weight excluding hydrogens is 230 g/mol. The van der Waals surface area contributed by atoms with Gasteiger partial charge in [-0.3, -0.25) is 9.59 Å². The molecule has 0 spiro atoms. The molecule has 1 aliphatic heterocycles. The summed E-state index contributed by atoms with van der Waals surface area (Å²) in [6.07, 6.45) is 4.04. The Balaban J connectivity index is 2.26. The minimum atomic E-state index is -0.216. The lowest BCUT2D eigenvalue weighted by molar-refractivity contribution is 0.0712. The van der Waals surface area contributed by atoms with Crippen LogP contribution in [0.3, 0.4) is 0 Å². The van der Waals surface area contributed by atoms with E-state index >= 15 is 0 Å². The van der Waals surface area contributed by atoms with Crippen LogP contribution in [0.25, 0.3) is 0 Å². The van der Waals surface area contributed by atoms with Crippen LogP contribution < -0.4 is 5.56 Å². The van der Waals surface area contributed by atoms with Crippen LogP contribution in [-0.2, 0) is 7.05 Å². The maximum absolute atomic E-state index is 12.3. The first-order valence-corrected chi connectivity index (χ1v) is 6.02. The number of amides is 1. The van der Waals surface area contributed by atoms with Gasteiger partial charge >= 0.3 is 0 Å². The fraction of sp³-hybridized carbons (Fsp3) is 0.462. The zero-order valence-corrected chi connectivity index (χ0v) is 10.8. The second-order valence-corrected chi connectivity index (χ2v) is 4.80. The van der Waals surface area contributed by atoms with Gasteiger partial charge in [0.05, 0.1) is 6.04 Å². The van der Waals surface area contributed by atoms with Crippen molar-refractivity contribution in [2.45, 2.75) is 19.9 Å². The molecule has 5 nitrogen and oxygen atoms in total. The molecule has 1 aromatic heterocycles. The Morgan fingerprint density at radius 2 is 2.17 bits per heavy atom. The highest BCUT2D eigenvalue weighted by Gasteiger charge is 2.28. The third kappa shape index (κ3) is 2.20. The Morgan fingerprint density at radius 1 is 1.44 bits per heavy atom. The quantitative estimate of drug-likeness (QED) is 0.727. The maximum Gasteiger partial charge on any atom is 0.275 e. The van der Waals surface area contributed by atoms with Crippen LogP contribution in [0.1, 0.15) is 24.3 Å². The molecule has 0 saturated heterocycles. The van der Waals surface area contributed by atoms with Crippen molar-refractivity contribution in [3.8, 4) is 0 Å². The van der Waals surface area contributed by atoms with Gasteiger partial charge in [-0.2, -0.15) is 5.10 Å². The van der Waals surface area contributed by atoms with Gasteiger partial charge in [-0.05, 0) is 12.0 Å². The highest BCUT2D eigenvalue weighted by molar-refractivity contribution is 5.92. The molecule has 18 heavy (non-hydrogen) atoms. The smallest absolute Gasteiger partial charge is 0.275 e. The number of carbonyl (C=O) groups is 1. The lowest BCUT2D eigenvalue weighted by atomic mass is 10.0. The third-order valence-corrected chi connectivity index (χ3v) is 3.12. The SMILES string of the molecule is CC(C)C1C=CCN1C(=O)c1ccc(=O)n(C)n1. The Morgan fingerprint density at radius 3 is 2.78 bits per heavy atom. The number of hydrogen-bond donors (Lipinski definition) is 0. The lowest BCUT2D eigenvalue weighted by Crippen LogP contribution is -2.40. The van der Waals surface area contributed by atoms with E-state index in [-0.39, 0.29) is 17.5 Å². The molecule has 2 rings (SSSR count). The van der Waals surface area contributed by atoms with E-state index in [1.165, 1.54) is 16.8 Å². The lowest BCUT2D eigenvalue weighted by Gasteiger charge is -2.27. The van der Waals surface area contributed by atoms with Crippen LogP contribution in [0.2, 0.25) is 0 Å². The molecule has 5 heteroatoms. The Bertz CT molecular complexity index is 545. The Kier molecular flexibility index (Phi) is 3.32. The summed E-state index contributed by atoms with van der Waals surface area (Å²) in [5.74, 6) is 0.231. The summed E-state index contributed by atoms with van der Waals surface area (Å²) >= 11 is 0. The zero-order valence-electron chi connectivity index (χ0n) is 10.8. The topological polar surface area (TPSA) is 55.2 Å². The number of aromatic nitrogens is 2. The van der Waals surface area contributed by atoms with Gasteiger partial charge in [-0.15, -0.1) is 0 Å². The molecule has 1 atom stereocenters. The van der Waals surface area contributed by atoms with Crippen molar-refractivity contribution in [3.63, 3.8) is 0 Å². The van der Waals surface area contributed by atoms with Crippen LogP contribution >= 0.6 is 0 Å². The van der Waals surface area contributed by atoms with Crippen LogP contribution in [0.5, 0.6) is 0 Å². The molecule has 1 aliphatic rings. The molecule has 0 bridgehead atoms. The number of hydrogen-bond acceptors (Lipinski definition) is 3. The maximum atomic E-state index is 12.3. The van der Waals surface area contributed by atoms with E-state index in [2.05, 4.69) is 18.9 Å². The van der Waals surface area contributed by atoms with E-state index < -0.39 is 0 Å². The minimum Gasteiger partial charge on any atom is -0.327 e. The van der Waals surface area contributed by atoms with Gasteiger partial charge in [0.25, 0.3) is 11.5 Å². The van der Waals surface area contributed by atoms with Crippen LogP contribution in [0, 0.1) is 5.92 Å². The highest BCUT2D eigenvalue weighted by Crippen LogP contribution is 2.19. The van der Waals surface area contributed by atoms with E-state index in [1.807, 2.05) is 12.2 Å². The predicted molar refractivity (Wildman–Crippen MR) is 68.3 cm³/mol. The number of rotatable bonds is 2. The van der Waals surface area contributed by atoms with E-state index in [1.54, 1.807) is 11.9 Å². The van der Waals surface area contributed by atoms with Gasteiger partial charge in [0.1, 0.15) is 5.69 Å². The molecule has 96 valence electrons. The van der Waals surface area contributed by atoms with Crippen molar-refractivity contribution in [2.75, 3.05) is 6.54 Å². The molecule has 0 aliphatic carbocycles. The summed E-state index contributed by atoms with van der Waals surface area (Å²) in [5.41, 5.74) is 0.0953. The summed E-state index contributed by atoms with van der Waals surface area (Å²) in [5, 5.41) is 4.00. The van der Waals surface area contributed by atoms with E-state index in [0.717, 1.165) is 0 Å². The van der Waals surface area contributed by atoms with Crippen molar-refractivity contribution in [3.05, 3.63) is 40.3 Å². The van der Waals surface area contributed by atoms with Crippen molar-refractivity contribution < 1.29 is 4.79 Å². The second-order valence-electron chi connectivity index (χ2n) is 4.80. The summed E-state index contributed by atoms with van der Waals surface area (Å²) in [4.78, 5) is 25.4. The largest absolute Gasteiger partial charge is 0.327 e. The fourth-order valence-corrected chi connectivity index (χ4v) is 2.10. The molecule has 0 radical (unpaired) electrons. The Labute approximate surface area is 106 Å². The molecule has 0 aromatic carbocycles. The van der Waals surface area contributed by atoms with Crippen LogP contribution in [-0.4, -0.2) is 33.2 Å².